The molecule has 0 bridgehead atoms. The Morgan fingerprint density at radius 2 is 1.71 bits per heavy atom. The molecule has 0 aliphatic carbocycles. The summed E-state index contributed by atoms with van der Waals surface area (Å²) < 4.78 is 2.78. The first-order valence-electron chi connectivity index (χ1n) is 5.40. The number of nitrogens with two attached hydrogens (primary N) is 1. The van der Waals surface area contributed by atoms with Crippen molar-refractivity contribution in [3.05, 3.63) is 24.3 Å². The third-order valence-corrected chi connectivity index (χ3v) is 6.96. The Bertz CT molecular complexity index is 461. The van der Waals surface area contributed by atoms with E-state index in [4.69, 9.17) is 5.73 Å². The first kappa shape index (κ1) is 13.5. The van der Waals surface area contributed by atoms with Crippen molar-refractivity contribution < 1.29 is 0 Å². The van der Waals surface area contributed by atoms with Gasteiger partial charge in [0, 0.05) is 9.75 Å². The summed E-state index contributed by atoms with van der Waals surface area (Å²) in [6, 6.07) is 8.87. The summed E-state index contributed by atoms with van der Waals surface area (Å²) in [6.07, 6.45) is 3.21. The maximum Gasteiger partial charge on any atom is 0.0605 e. The smallest absolute Gasteiger partial charge is 0.0605 e. The van der Waals surface area contributed by atoms with Crippen LogP contribution in [0, 0.1) is 0 Å². The van der Waals surface area contributed by atoms with Crippen LogP contribution in [0.2, 0.25) is 0 Å². The van der Waals surface area contributed by atoms with E-state index in [1.54, 1.807) is 0 Å². The molecule has 2 heterocycles. The molecule has 0 unspecified atom stereocenters. The molecule has 2 aromatic rings. The third-order valence-electron chi connectivity index (χ3n) is 2.20. The molecular weight excluding hydrogens is 286 g/mol. The predicted molar refractivity (Wildman–Crippen MR) is 83.8 cm³/mol. The van der Waals surface area contributed by atoms with Crippen molar-refractivity contribution in [2.75, 3.05) is 18.6 Å². The Balaban J connectivity index is 2.02. The molecule has 0 aromatic carbocycles. The SMILES string of the molecule is CSc1ccc(-c2ccc(SCCCN)s2)s1. The quantitative estimate of drug-likeness (QED) is 0.622. The minimum atomic E-state index is 0.785. The average Bonchev–Trinajstić information content (AvgIpc) is 2.97. The summed E-state index contributed by atoms with van der Waals surface area (Å²) in [7, 11) is 0. The van der Waals surface area contributed by atoms with Gasteiger partial charge in [-0.15, -0.1) is 46.2 Å². The van der Waals surface area contributed by atoms with Crippen LogP contribution in [0.5, 0.6) is 0 Å². The predicted octanol–water partition coefficient (Wildman–Crippen LogP) is 4.64. The fraction of sp³-hybridized carbons (Fsp3) is 0.333. The van der Waals surface area contributed by atoms with Crippen molar-refractivity contribution in [3.8, 4) is 9.75 Å². The number of hydrogen-bond donors (Lipinski definition) is 1. The fourth-order valence-corrected chi connectivity index (χ4v) is 5.15. The molecule has 0 saturated carbocycles. The molecule has 0 saturated heterocycles. The first-order valence-corrected chi connectivity index (χ1v) is 9.24. The average molecular weight is 302 g/mol. The van der Waals surface area contributed by atoms with Crippen LogP contribution in [0.3, 0.4) is 0 Å². The van der Waals surface area contributed by atoms with E-state index in [9.17, 15) is 0 Å². The van der Waals surface area contributed by atoms with Gasteiger partial charge in [-0.05, 0) is 49.2 Å². The maximum absolute atomic E-state index is 5.50. The van der Waals surface area contributed by atoms with Crippen LogP contribution in [0.15, 0.2) is 32.7 Å². The van der Waals surface area contributed by atoms with Crippen molar-refractivity contribution in [2.24, 2.45) is 5.73 Å². The van der Waals surface area contributed by atoms with Crippen LogP contribution >= 0.6 is 46.2 Å². The highest BCUT2D eigenvalue weighted by Gasteiger charge is 2.06. The van der Waals surface area contributed by atoms with Crippen LogP contribution < -0.4 is 5.73 Å². The third kappa shape index (κ3) is 3.76. The van der Waals surface area contributed by atoms with Gasteiger partial charge in [0.2, 0.25) is 0 Å². The molecule has 2 N–H and O–H groups in total. The summed E-state index contributed by atoms with van der Waals surface area (Å²) in [5, 5.41) is 0. The van der Waals surface area contributed by atoms with Crippen molar-refractivity contribution in [3.63, 3.8) is 0 Å². The second kappa shape index (κ2) is 6.85. The second-order valence-corrected chi connectivity index (χ2v) is 8.10. The largest absolute Gasteiger partial charge is 0.330 e. The molecule has 0 aliphatic rings. The van der Waals surface area contributed by atoms with Gasteiger partial charge < -0.3 is 5.73 Å². The van der Waals surface area contributed by atoms with Crippen LogP contribution in [-0.4, -0.2) is 18.6 Å². The van der Waals surface area contributed by atoms with E-state index < -0.39 is 0 Å². The molecule has 2 aromatic heterocycles. The molecule has 0 atom stereocenters. The molecule has 0 aliphatic heterocycles. The second-order valence-electron chi connectivity index (χ2n) is 3.43. The highest BCUT2D eigenvalue weighted by Crippen LogP contribution is 2.39. The van der Waals surface area contributed by atoms with Gasteiger partial charge in [-0.2, -0.15) is 0 Å². The van der Waals surface area contributed by atoms with Crippen LogP contribution in [0.4, 0.5) is 0 Å². The highest BCUT2D eigenvalue weighted by atomic mass is 32.2. The minimum absolute atomic E-state index is 0.785. The zero-order valence-electron chi connectivity index (χ0n) is 9.64. The monoisotopic (exact) mass is 301 g/mol. The molecule has 2 rings (SSSR count). The van der Waals surface area contributed by atoms with E-state index in [2.05, 4.69) is 30.5 Å². The molecule has 0 amide bonds. The van der Waals surface area contributed by atoms with Crippen LogP contribution in [0.1, 0.15) is 6.42 Å². The van der Waals surface area contributed by atoms with Gasteiger partial charge in [-0.25, -0.2) is 0 Å². The van der Waals surface area contributed by atoms with Gasteiger partial charge in [-0.1, -0.05) is 0 Å². The van der Waals surface area contributed by atoms with Crippen LogP contribution in [-0.2, 0) is 0 Å². The topological polar surface area (TPSA) is 26.0 Å². The van der Waals surface area contributed by atoms with E-state index >= 15 is 0 Å². The minimum Gasteiger partial charge on any atom is -0.330 e. The number of rotatable bonds is 6. The molecule has 5 heteroatoms. The lowest BCUT2D eigenvalue weighted by Gasteiger charge is -1.95. The zero-order chi connectivity index (χ0) is 12.1. The lowest BCUT2D eigenvalue weighted by Crippen LogP contribution is -1.98. The molecule has 0 radical (unpaired) electrons. The van der Waals surface area contributed by atoms with E-state index in [0.717, 1.165) is 18.7 Å². The maximum atomic E-state index is 5.50. The highest BCUT2D eigenvalue weighted by molar-refractivity contribution is 8.01. The molecule has 17 heavy (non-hydrogen) atoms. The Morgan fingerprint density at radius 3 is 2.29 bits per heavy atom. The lowest BCUT2D eigenvalue weighted by atomic mass is 10.4. The Hall–Kier alpha value is 0.0600. The summed E-state index contributed by atoms with van der Waals surface area (Å²) in [5.74, 6) is 1.12. The lowest BCUT2D eigenvalue weighted by molar-refractivity contribution is 0.943. The Morgan fingerprint density at radius 1 is 1.06 bits per heavy atom. The van der Waals surface area contributed by atoms with Gasteiger partial charge in [0.15, 0.2) is 0 Å². The Kier molecular flexibility index (Phi) is 5.44. The normalized spacial score (nSPS) is 10.9. The fourth-order valence-electron chi connectivity index (χ4n) is 1.35. The molecule has 0 fully saturated rings. The summed E-state index contributed by atoms with van der Waals surface area (Å²) in [5.41, 5.74) is 5.50. The first-order chi connectivity index (χ1) is 8.33. The van der Waals surface area contributed by atoms with E-state index in [1.807, 2.05) is 46.2 Å². The van der Waals surface area contributed by atoms with E-state index in [1.165, 1.54) is 18.2 Å². The summed E-state index contributed by atoms with van der Waals surface area (Å²) in [6.45, 7) is 0.785. The number of hydrogen-bond acceptors (Lipinski definition) is 5. The van der Waals surface area contributed by atoms with Gasteiger partial charge in [0.1, 0.15) is 0 Å². The van der Waals surface area contributed by atoms with Crippen molar-refractivity contribution >= 4 is 46.2 Å². The summed E-state index contributed by atoms with van der Waals surface area (Å²) in [4.78, 5) is 2.76. The van der Waals surface area contributed by atoms with E-state index in [-0.39, 0.29) is 0 Å². The van der Waals surface area contributed by atoms with Crippen LogP contribution in [0.25, 0.3) is 9.75 Å². The zero-order valence-corrected chi connectivity index (χ0v) is 12.9. The van der Waals surface area contributed by atoms with Gasteiger partial charge in [-0.3, -0.25) is 0 Å². The van der Waals surface area contributed by atoms with Gasteiger partial charge in [0.25, 0.3) is 0 Å². The number of thiophene rings is 2. The Labute approximate surface area is 119 Å². The number of thioether (sulfide) groups is 2. The van der Waals surface area contributed by atoms with Gasteiger partial charge in [0.05, 0.1) is 8.42 Å². The molecular formula is C12H15NS4. The van der Waals surface area contributed by atoms with Crippen molar-refractivity contribution in [1.29, 1.82) is 0 Å². The van der Waals surface area contributed by atoms with Crippen molar-refractivity contribution in [1.82, 2.24) is 0 Å². The van der Waals surface area contributed by atoms with Crippen molar-refractivity contribution in [2.45, 2.75) is 14.8 Å². The van der Waals surface area contributed by atoms with Gasteiger partial charge >= 0.3 is 0 Å². The molecule has 0 spiro atoms. The van der Waals surface area contributed by atoms with E-state index in [0.29, 0.717) is 0 Å². The molecule has 1 nitrogen and oxygen atoms in total. The summed E-state index contributed by atoms with van der Waals surface area (Å²) >= 11 is 7.48. The molecule has 92 valence electrons. The standard InChI is InChI=1S/C12H15NS4/c1-14-11-5-3-9(16-11)10-4-6-12(17-10)15-8-2-7-13/h3-6H,2,7-8,13H2,1H3.